The number of hydrogen-bond acceptors (Lipinski definition) is 3. The number of rotatable bonds is 5. The summed E-state index contributed by atoms with van der Waals surface area (Å²) in [5, 5.41) is 6.58. The van der Waals surface area contributed by atoms with Gasteiger partial charge in [0.15, 0.2) is 0 Å². The molecular weight excluding hydrogens is 168 g/mol. The first-order valence-corrected chi connectivity index (χ1v) is 4.97. The number of hydrogen-bond donors (Lipinski definition) is 3. The molecule has 0 saturated heterocycles. The molecule has 3 heteroatoms. The van der Waals surface area contributed by atoms with Gasteiger partial charge in [-0.1, -0.05) is 12.2 Å². The third kappa shape index (κ3) is 3.83. The normalized spacial score (nSPS) is 20.9. The standard InChI is InChI=1S/C9H16N2S/c12-8-7-10-6-4-9-3-1-2-5-11-9/h1-3,5,9-12H,4,6-8H2. The van der Waals surface area contributed by atoms with Gasteiger partial charge in [-0.05, 0) is 25.2 Å². The van der Waals surface area contributed by atoms with Gasteiger partial charge in [-0.2, -0.15) is 12.6 Å². The molecule has 0 fully saturated rings. The molecule has 1 aliphatic rings. The van der Waals surface area contributed by atoms with Crippen LogP contribution in [0, 0.1) is 0 Å². The molecule has 2 nitrogen and oxygen atoms in total. The number of thiol groups is 1. The van der Waals surface area contributed by atoms with Crippen LogP contribution in [0.1, 0.15) is 6.42 Å². The smallest absolute Gasteiger partial charge is 0.0454 e. The van der Waals surface area contributed by atoms with Crippen LogP contribution in [0.3, 0.4) is 0 Å². The highest BCUT2D eigenvalue weighted by Crippen LogP contribution is 1.97. The van der Waals surface area contributed by atoms with E-state index in [1.54, 1.807) is 0 Å². The minimum absolute atomic E-state index is 0.502. The van der Waals surface area contributed by atoms with Crippen LogP contribution < -0.4 is 10.6 Å². The molecule has 1 unspecified atom stereocenters. The Morgan fingerprint density at radius 2 is 2.25 bits per heavy atom. The number of nitrogens with one attached hydrogen (secondary N) is 2. The van der Waals surface area contributed by atoms with Crippen molar-refractivity contribution in [3.8, 4) is 0 Å². The third-order valence-electron chi connectivity index (χ3n) is 1.78. The molecule has 1 aliphatic heterocycles. The van der Waals surface area contributed by atoms with E-state index < -0.39 is 0 Å². The lowest BCUT2D eigenvalue weighted by Crippen LogP contribution is -2.29. The molecule has 12 heavy (non-hydrogen) atoms. The summed E-state index contributed by atoms with van der Waals surface area (Å²) in [4.78, 5) is 0. The van der Waals surface area contributed by atoms with Crippen LogP contribution in [0.5, 0.6) is 0 Å². The van der Waals surface area contributed by atoms with Gasteiger partial charge >= 0.3 is 0 Å². The fraction of sp³-hybridized carbons (Fsp3) is 0.556. The minimum atomic E-state index is 0.502. The summed E-state index contributed by atoms with van der Waals surface area (Å²) in [6, 6.07) is 0.502. The monoisotopic (exact) mass is 184 g/mol. The fourth-order valence-corrected chi connectivity index (χ4v) is 1.29. The van der Waals surface area contributed by atoms with Crippen LogP contribution in [0.2, 0.25) is 0 Å². The predicted molar refractivity (Wildman–Crippen MR) is 56.5 cm³/mol. The first-order chi connectivity index (χ1) is 5.93. The van der Waals surface area contributed by atoms with Crippen molar-refractivity contribution in [2.75, 3.05) is 18.8 Å². The summed E-state index contributed by atoms with van der Waals surface area (Å²) in [6.07, 6.45) is 9.40. The maximum atomic E-state index is 4.12. The zero-order valence-electron chi connectivity index (χ0n) is 7.16. The van der Waals surface area contributed by atoms with Gasteiger partial charge in [-0.25, -0.2) is 0 Å². The Hall–Kier alpha value is -0.410. The maximum Gasteiger partial charge on any atom is 0.0454 e. The second-order valence-corrected chi connectivity index (χ2v) is 3.23. The van der Waals surface area contributed by atoms with E-state index in [4.69, 9.17) is 0 Å². The molecule has 0 saturated carbocycles. The largest absolute Gasteiger partial charge is 0.385 e. The van der Waals surface area contributed by atoms with E-state index in [0.717, 1.165) is 25.3 Å². The molecule has 0 aromatic rings. The fourth-order valence-electron chi connectivity index (χ4n) is 1.13. The Kier molecular flexibility index (Phi) is 4.95. The third-order valence-corrected chi connectivity index (χ3v) is 2.01. The van der Waals surface area contributed by atoms with Crippen LogP contribution >= 0.6 is 12.6 Å². The maximum absolute atomic E-state index is 4.12. The Balaban J connectivity index is 2.00. The van der Waals surface area contributed by atoms with E-state index in [-0.39, 0.29) is 0 Å². The van der Waals surface area contributed by atoms with E-state index in [2.05, 4.69) is 35.4 Å². The summed E-state index contributed by atoms with van der Waals surface area (Å²) in [7, 11) is 0. The van der Waals surface area contributed by atoms with Crippen molar-refractivity contribution in [3.63, 3.8) is 0 Å². The molecule has 0 aliphatic carbocycles. The second-order valence-electron chi connectivity index (χ2n) is 2.78. The van der Waals surface area contributed by atoms with E-state index >= 15 is 0 Å². The van der Waals surface area contributed by atoms with Crippen LogP contribution in [-0.2, 0) is 0 Å². The number of allylic oxidation sites excluding steroid dienone is 2. The van der Waals surface area contributed by atoms with Gasteiger partial charge in [0, 0.05) is 18.3 Å². The van der Waals surface area contributed by atoms with Crippen molar-refractivity contribution in [2.45, 2.75) is 12.5 Å². The van der Waals surface area contributed by atoms with E-state index in [1.807, 2.05) is 12.3 Å². The molecule has 2 N–H and O–H groups in total. The molecule has 1 heterocycles. The lowest BCUT2D eigenvalue weighted by Gasteiger charge is -2.15. The van der Waals surface area contributed by atoms with E-state index in [0.29, 0.717) is 6.04 Å². The summed E-state index contributed by atoms with van der Waals surface area (Å²) >= 11 is 4.12. The molecule has 1 atom stereocenters. The first kappa shape index (κ1) is 9.68. The Bertz CT molecular complexity index is 166. The van der Waals surface area contributed by atoms with Crippen LogP contribution in [-0.4, -0.2) is 24.9 Å². The van der Waals surface area contributed by atoms with Crippen molar-refractivity contribution in [2.24, 2.45) is 0 Å². The second kappa shape index (κ2) is 6.14. The molecule has 0 aromatic heterocycles. The first-order valence-electron chi connectivity index (χ1n) is 4.34. The van der Waals surface area contributed by atoms with Gasteiger partial charge in [0.05, 0.1) is 0 Å². The number of dihydropyridines is 1. The van der Waals surface area contributed by atoms with Crippen molar-refractivity contribution < 1.29 is 0 Å². The predicted octanol–water partition coefficient (Wildman–Crippen LogP) is 0.938. The van der Waals surface area contributed by atoms with Crippen molar-refractivity contribution >= 4 is 12.6 Å². The molecule has 0 aromatic carbocycles. The Labute approximate surface area is 79.5 Å². The zero-order valence-corrected chi connectivity index (χ0v) is 8.06. The van der Waals surface area contributed by atoms with Gasteiger partial charge in [0.1, 0.15) is 0 Å². The quantitative estimate of drug-likeness (QED) is 0.437. The Morgan fingerprint density at radius 1 is 1.33 bits per heavy atom. The average Bonchev–Trinajstić information content (AvgIpc) is 2.14. The highest BCUT2D eigenvalue weighted by Gasteiger charge is 2.01. The molecule has 0 amide bonds. The topological polar surface area (TPSA) is 24.1 Å². The molecule has 68 valence electrons. The molecule has 1 rings (SSSR count). The van der Waals surface area contributed by atoms with Crippen molar-refractivity contribution in [1.82, 2.24) is 10.6 Å². The zero-order chi connectivity index (χ0) is 8.65. The highest BCUT2D eigenvalue weighted by molar-refractivity contribution is 7.80. The highest BCUT2D eigenvalue weighted by atomic mass is 32.1. The van der Waals surface area contributed by atoms with Gasteiger partial charge in [0.25, 0.3) is 0 Å². The molecule has 0 radical (unpaired) electrons. The average molecular weight is 184 g/mol. The summed E-state index contributed by atoms with van der Waals surface area (Å²) < 4.78 is 0. The summed E-state index contributed by atoms with van der Waals surface area (Å²) in [5.74, 6) is 0.911. The summed E-state index contributed by atoms with van der Waals surface area (Å²) in [6.45, 7) is 2.05. The SMILES string of the molecule is SCCNCCC1C=CC=CN1. The van der Waals surface area contributed by atoms with E-state index in [9.17, 15) is 0 Å². The van der Waals surface area contributed by atoms with Crippen molar-refractivity contribution in [1.29, 1.82) is 0 Å². The lowest BCUT2D eigenvalue weighted by molar-refractivity contribution is 0.586. The lowest BCUT2D eigenvalue weighted by atomic mass is 10.1. The summed E-state index contributed by atoms with van der Waals surface area (Å²) in [5.41, 5.74) is 0. The molecule has 0 bridgehead atoms. The van der Waals surface area contributed by atoms with Crippen molar-refractivity contribution in [3.05, 3.63) is 24.4 Å². The van der Waals surface area contributed by atoms with Gasteiger partial charge < -0.3 is 10.6 Å². The molecular formula is C9H16N2S. The minimum Gasteiger partial charge on any atom is -0.385 e. The van der Waals surface area contributed by atoms with E-state index in [1.165, 1.54) is 0 Å². The Morgan fingerprint density at radius 3 is 2.92 bits per heavy atom. The molecule has 0 spiro atoms. The van der Waals surface area contributed by atoms with Gasteiger partial charge in [0.2, 0.25) is 0 Å². The van der Waals surface area contributed by atoms with Gasteiger partial charge in [-0.15, -0.1) is 0 Å². The van der Waals surface area contributed by atoms with Crippen LogP contribution in [0.4, 0.5) is 0 Å². The van der Waals surface area contributed by atoms with Crippen LogP contribution in [0.15, 0.2) is 24.4 Å². The van der Waals surface area contributed by atoms with Gasteiger partial charge in [-0.3, -0.25) is 0 Å². The van der Waals surface area contributed by atoms with Crippen LogP contribution in [0.25, 0.3) is 0 Å².